The molecule has 0 bridgehead atoms. The summed E-state index contributed by atoms with van der Waals surface area (Å²) in [6.45, 7) is 0.930. The zero-order valence-electron chi connectivity index (χ0n) is 9.11. The average molecular weight is 270 g/mol. The maximum absolute atomic E-state index is 11.0. The molecule has 2 nitrogen and oxygen atoms in total. The summed E-state index contributed by atoms with van der Waals surface area (Å²) in [5, 5.41) is 0. The normalized spacial score (nSPS) is 12.8. The Morgan fingerprint density at radius 1 is 1.33 bits per heavy atom. The Hall–Kier alpha value is -0.670. The number of hydrogen-bond donors (Lipinski definition) is 0. The van der Waals surface area contributed by atoms with E-state index in [1.54, 1.807) is 0 Å². The minimum atomic E-state index is 0.0144. The van der Waals surface area contributed by atoms with E-state index < -0.39 is 0 Å². The van der Waals surface area contributed by atoms with Gasteiger partial charge in [-0.2, -0.15) is 0 Å². The molecule has 0 aliphatic rings. The molecule has 0 aliphatic carbocycles. The highest BCUT2D eigenvalue weighted by molar-refractivity contribution is 9.10. The van der Waals surface area contributed by atoms with Gasteiger partial charge in [0.1, 0.15) is 6.29 Å². The summed E-state index contributed by atoms with van der Waals surface area (Å²) in [5.74, 6) is 0.0144. The Bertz CT molecular complexity index is 308. The summed E-state index contributed by atoms with van der Waals surface area (Å²) in [5.41, 5.74) is 1.09. The lowest BCUT2D eigenvalue weighted by atomic mass is 9.97. The zero-order valence-corrected chi connectivity index (χ0v) is 10.7. The fraction of sp³-hybridized carbons (Fsp3) is 0.417. The Labute approximate surface area is 99.4 Å². The van der Waals surface area contributed by atoms with E-state index >= 15 is 0 Å². The van der Waals surface area contributed by atoms with Crippen molar-refractivity contribution >= 4 is 22.2 Å². The Morgan fingerprint density at radius 2 is 1.93 bits per heavy atom. The van der Waals surface area contributed by atoms with Gasteiger partial charge in [0.15, 0.2) is 0 Å². The molecule has 0 radical (unpaired) electrons. The van der Waals surface area contributed by atoms with E-state index in [0.717, 1.165) is 29.3 Å². The third-order valence-electron chi connectivity index (χ3n) is 2.35. The number of hydrogen-bond acceptors (Lipinski definition) is 2. The van der Waals surface area contributed by atoms with Crippen LogP contribution in [0.5, 0.6) is 0 Å². The average Bonchev–Trinajstić information content (AvgIpc) is 2.21. The van der Waals surface area contributed by atoms with Crippen molar-refractivity contribution in [2.24, 2.45) is 0 Å². The van der Waals surface area contributed by atoms with Gasteiger partial charge in [-0.05, 0) is 44.8 Å². The number of halogens is 1. The van der Waals surface area contributed by atoms with Crippen molar-refractivity contribution in [3.8, 4) is 0 Å². The second-order valence-corrected chi connectivity index (χ2v) is 4.80. The maximum atomic E-state index is 11.0. The van der Waals surface area contributed by atoms with Gasteiger partial charge in [-0.3, -0.25) is 0 Å². The molecule has 1 aromatic rings. The number of nitrogens with zero attached hydrogens (tertiary/aromatic N) is 1. The monoisotopic (exact) mass is 269 g/mol. The van der Waals surface area contributed by atoms with Gasteiger partial charge in [0.2, 0.25) is 0 Å². The van der Waals surface area contributed by atoms with Crippen LogP contribution in [-0.4, -0.2) is 31.8 Å². The van der Waals surface area contributed by atoms with Crippen molar-refractivity contribution in [3.63, 3.8) is 0 Å². The van der Waals surface area contributed by atoms with Crippen molar-refractivity contribution in [1.29, 1.82) is 0 Å². The first-order chi connectivity index (χ1) is 7.13. The predicted molar refractivity (Wildman–Crippen MR) is 66.1 cm³/mol. The maximum Gasteiger partial charge on any atom is 0.127 e. The first-order valence-corrected chi connectivity index (χ1v) is 5.78. The van der Waals surface area contributed by atoms with Crippen LogP contribution in [0.1, 0.15) is 17.9 Å². The highest BCUT2D eigenvalue weighted by Crippen LogP contribution is 2.20. The number of aldehydes is 1. The Morgan fingerprint density at radius 3 is 2.40 bits per heavy atom. The summed E-state index contributed by atoms with van der Waals surface area (Å²) < 4.78 is 1.04. The van der Waals surface area contributed by atoms with Gasteiger partial charge in [-0.1, -0.05) is 28.1 Å². The lowest BCUT2D eigenvalue weighted by molar-refractivity contribution is -0.109. The molecule has 0 heterocycles. The van der Waals surface area contributed by atoms with Crippen molar-refractivity contribution in [3.05, 3.63) is 34.3 Å². The van der Waals surface area contributed by atoms with Crippen LogP contribution in [-0.2, 0) is 4.79 Å². The number of carbonyl (C=O) groups excluding carboxylic acids is 1. The molecule has 3 heteroatoms. The summed E-state index contributed by atoms with van der Waals surface area (Å²) in [4.78, 5) is 13.1. The molecule has 1 aromatic carbocycles. The largest absolute Gasteiger partial charge is 0.309 e. The van der Waals surface area contributed by atoms with Crippen molar-refractivity contribution in [2.75, 3.05) is 20.6 Å². The van der Waals surface area contributed by atoms with Crippen LogP contribution in [0, 0.1) is 0 Å². The quantitative estimate of drug-likeness (QED) is 0.767. The van der Waals surface area contributed by atoms with Gasteiger partial charge in [-0.15, -0.1) is 0 Å². The fourth-order valence-electron chi connectivity index (χ4n) is 1.42. The summed E-state index contributed by atoms with van der Waals surface area (Å²) >= 11 is 3.38. The second-order valence-electron chi connectivity index (χ2n) is 3.89. The minimum absolute atomic E-state index is 0.0144. The molecule has 0 saturated carbocycles. The van der Waals surface area contributed by atoms with E-state index in [1.165, 1.54) is 0 Å². The highest BCUT2D eigenvalue weighted by Gasteiger charge is 2.10. The van der Waals surface area contributed by atoms with Crippen LogP contribution in [0.4, 0.5) is 0 Å². The summed E-state index contributed by atoms with van der Waals surface area (Å²) in [6.07, 6.45) is 1.91. The van der Waals surface area contributed by atoms with Gasteiger partial charge in [0.25, 0.3) is 0 Å². The molecule has 0 spiro atoms. The molecule has 82 valence electrons. The van der Waals surface area contributed by atoms with Gasteiger partial charge < -0.3 is 9.69 Å². The van der Waals surface area contributed by atoms with E-state index in [9.17, 15) is 4.79 Å². The second kappa shape index (κ2) is 6.03. The van der Waals surface area contributed by atoms with E-state index in [-0.39, 0.29) is 5.92 Å². The van der Waals surface area contributed by atoms with E-state index in [1.807, 2.05) is 38.4 Å². The zero-order chi connectivity index (χ0) is 11.3. The smallest absolute Gasteiger partial charge is 0.127 e. The lowest BCUT2D eigenvalue weighted by Crippen LogP contribution is -2.16. The molecule has 0 N–H and O–H groups in total. The van der Waals surface area contributed by atoms with Gasteiger partial charge in [0.05, 0.1) is 0 Å². The summed E-state index contributed by atoms with van der Waals surface area (Å²) in [6, 6.07) is 7.95. The third kappa shape index (κ3) is 4.14. The molecule has 15 heavy (non-hydrogen) atoms. The topological polar surface area (TPSA) is 20.3 Å². The molecular weight excluding hydrogens is 254 g/mol. The van der Waals surface area contributed by atoms with Crippen LogP contribution in [0.3, 0.4) is 0 Å². The van der Waals surface area contributed by atoms with Crippen LogP contribution in [0.15, 0.2) is 28.7 Å². The molecule has 0 aliphatic heterocycles. The molecule has 1 unspecified atom stereocenters. The van der Waals surface area contributed by atoms with Gasteiger partial charge in [-0.25, -0.2) is 0 Å². The number of rotatable bonds is 5. The summed E-state index contributed by atoms with van der Waals surface area (Å²) in [7, 11) is 4.03. The number of benzene rings is 1. The van der Waals surface area contributed by atoms with Crippen molar-refractivity contribution in [2.45, 2.75) is 12.3 Å². The van der Waals surface area contributed by atoms with Crippen LogP contribution >= 0.6 is 15.9 Å². The third-order valence-corrected chi connectivity index (χ3v) is 2.88. The van der Waals surface area contributed by atoms with Crippen LogP contribution in [0.2, 0.25) is 0 Å². The predicted octanol–water partition coefficient (Wildman–Crippen LogP) is 2.68. The molecule has 0 aromatic heterocycles. The molecule has 0 amide bonds. The van der Waals surface area contributed by atoms with Gasteiger partial charge in [0, 0.05) is 10.4 Å². The van der Waals surface area contributed by atoms with Crippen molar-refractivity contribution in [1.82, 2.24) is 4.90 Å². The van der Waals surface area contributed by atoms with Crippen LogP contribution in [0.25, 0.3) is 0 Å². The Balaban J connectivity index is 2.65. The van der Waals surface area contributed by atoms with E-state index in [0.29, 0.717) is 0 Å². The molecule has 0 saturated heterocycles. The minimum Gasteiger partial charge on any atom is -0.309 e. The van der Waals surface area contributed by atoms with E-state index in [4.69, 9.17) is 0 Å². The van der Waals surface area contributed by atoms with Gasteiger partial charge >= 0.3 is 0 Å². The first-order valence-electron chi connectivity index (χ1n) is 4.99. The molecule has 1 atom stereocenters. The van der Waals surface area contributed by atoms with E-state index in [2.05, 4.69) is 20.8 Å². The molecule has 1 rings (SSSR count). The van der Waals surface area contributed by atoms with Crippen LogP contribution < -0.4 is 0 Å². The SMILES string of the molecule is CN(C)CCC(C=O)c1ccc(Br)cc1. The highest BCUT2D eigenvalue weighted by atomic mass is 79.9. The molecular formula is C12H16BrNO. The molecule has 0 fully saturated rings. The van der Waals surface area contributed by atoms with Crippen molar-refractivity contribution < 1.29 is 4.79 Å². The standard InChI is InChI=1S/C12H16BrNO/c1-14(2)8-7-11(9-15)10-3-5-12(13)6-4-10/h3-6,9,11H,7-8H2,1-2H3. The Kier molecular flexibility index (Phi) is 4.99. The fourth-order valence-corrected chi connectivity index (χ4v) is 1.68. The number of carbonyl (C=O) groups is 1. The lowest BCUT2D eigenvalue weighted by Gasteiger charge is -2.14. The first kappa shape index (κ1) is 12.4.